The van der Waals surface area contributed by atoms with E-state index in [1.165, 1.54) is 18.2 Å². The summed E-state index contributed by atoms with van der Waals surface area (Å²) in [5, 5.41) is 0. The van der Waals surface area contributed by atoms with Gasteiger partial charge in [-0.1, -0.05) is 0 Å². The number of carbonyl (C=O) groups excluding carboxylic acids is 2. The number of hydrogen-bond acceptors (Lipinski definition) is 5. The van der Waals surface area contributed by atoms with Crippen molar-refractivity contribution < 1.29 is 22.7 Å². The average molecular weight is 268 g/mol. The van der Waals surface area contributed by atoms with Crippen molar-refractivity contribution in [2.24, 2.45) is 0 Å². The van der Waals surface area contributed by atoms with Crippen molar-refractivity contribution in [1.82, 2.24) is 0 Å². The van der Waals surface area contributed by atoms with Gasteiger partial charge in [0.2, 0.25) is 0 Å². The molecule has 0 spiro atoms. The molecule has 2 rings (SSSR count). The molecule has 0 aliphatic carbocycles. The summed E-state index contributed by atoms with van der Waals surface area (Å²) in [6.45, 7) is 1.74. The SMILES string of the molecule is CCOC(=O)C(=O)c1ccc2c(c1)CCS2(=O)=O. The Kier molecular flexibility index (Phi) is 3.21. The zero-order valence-corrected chi connectivity index (χ0v) is 10.6. The third-order valence-electron chi connectivity index (χ3n) is 2.76. The minimum atomic E-state index is -3.21. The smallest absolute Gasteiger partial charge is 0.379 e. The molecule has 6 heteroatoms. The fraction of sp³-hybridized carbons (Fsp3) is 0.333. The first-order valence-electron chi connectivity index (χ1n) is 5.53. The van der Waals surface area contributed by atoms with Gasteiger partial charge >= 0.3 is 5.97 Å². The fourth-order valence-electron chi connectivity index (χ4n) is 1.89. The van der Waals surface area contributed by atoms with E-state index < -0.39 is 21.6 Å². The third kappa shape index (κ3) is 2.15. The Morgan fingerprint density at radius 2 is 2.06 bits per heavy atom. The number of benzene rings is 1. The van der Waals surface area contributed by atoms with Crippen molar-refractivity contribution >= 4 is 21.6 Å². The standard InChI is InChI=1S/C12H12O5S/c1-2-17-12(14)11(13)9-3-4-10-8(7-9)5-6-18(10,15)16/h3-4,7H,2,5-6H2,1H3. The fourth-order valence-corrected chi connectivity index (χ4v) is 3.43. The lowest BCUT2D eigenvalue weighted by Crippen LogP contribution is -2.17. The second kappa shape index (κ2) is 4.53. The van der Waals surface area contributed by atoms with Gasteiger partial charge in [0.25, 0.3) is 5.78 Å². The number of ketones is 1. The van der Waals surface area contributed by atoms with E-state index in [4.69, 9.17) is 0 Å². The first-order valence-corrected chi connectivity index (χ1v) is 7.18. The minimum Gasteiger partial charge on any atom is -0.460 e. The van der Waals surface area contributed by atoms with Crippen LogP contribution in [0.2, 0.25) is 0 Å². The van der Waals surface area contributed by atoms with Gasteiger partial charge in [0.05, 0.1) is 17.3 Å². The minimum absolute atomic E-state index is 0.0549. The quantitative estimate of drug-likeness (QED) is 0.459. The molecule has 0 saturated heterocycles. The molecule has 96 valence electrons. The Morgan fingerprint density at radius 1 is 1.33 bits per heavy atom. The molecule has 1 aliphatic rings. The lowest BCUT2D eigenvalue weighted by Gasteiger charge is -2.03. The molecule has 0 amide bonds. The van der Waals surface area contributed by atoms with Gasteiger partial charge in [0.1, 0.15) is 0 Å². The summed E-state index contributed by atoms with van der Waals surface area (Å²) in [6, 6.07) is 4.18. The van der Waals surface area contributed by atoms with Crippen LogP contribution in [-0.2, 0) is 25.8 Å². The summed E-state index contributed by atoms with van der Waals surface area (Å²) in [5.41, 5.74) is 0.759. The average Bonchev–Trinajstić information content (AvgIpc) is 2.64. The van der Waals surface area contributed by atoms with Gasteiger partial charge < -0.3 is 4.74 Å². The predicted octanol–water partition coefficient (Wildman–Crippen LogP) is 0.762. The molecule has 0 N–H and O–H groups in total. The molecular formula is C12H12O5S. The summed E-state index contributed by atoms with van der Waals surface area (Å²) in [7, 11) is -3.21. The predicted molar refractivity (Wildman–Crippen MR) is 63.2 cm³/mol. The lowest BCUT2D eigenvalue weighted by molar-refractivity contribution is -0.137. The maximum Gasteiger partial charge on any atom is 0.379 e. The molecule has 0 unspecified atom stereocenters. The van der Waals surface area contributed by atoms with Crippen LogP contribution < -0.4 is 0 Å². The maximum atomic E-state index is 11.7. The highest BCUT2D eigenvalue weighted by Crippen LogP contribution is 2.26. The van der Waals surface area contributed by atoms with E-state index >= 15 is 0 Å². The second-order valence-electron chi connectivity index (χ2n) is 3.94. The van der Waals surface area contributed by atoms with Crippen molar-refractivity contribution in [2.75, 3.05) is 12.4 Å². The summed E-state index contributed by atoms with van der Waals surface area (Å²) >= 11 is 0. The number of carbonyl (C=O) groups is 2. The van der Waals surface area contributed by atoms with Crippen molar-refractivity contribution in [2.45, 2.75) is 18.2 Å². The summed E-state index contributed by atoms with van der Waals surface area (Å²) in [6.07, 6.45) is 0.377. The Balaban J connectivity index is 2.34. The van der Waals surface area contributed by atoms with Gasteiger partial charge in [-0.05, 0) is 37.1 Å². The number of aryl methyl sites for hydroxylation is 1. The molecule has 1 aromatic rings. The normalized spacial score (nSPS) is 16.1. The largest absolute Gasteiger partial charge is 0.460 e. The zero-order chi connectivity index (χ0) is 13.3. The number of ether oxygens (including phenoxy) is 1. The molecule has 18 heavy (non-hydrogen) atoms. The molecule has 1 aromatic carbocycles. The van der Waals surface area contributed by atoms with Gasteiger partial charge in [0, 0.05) is 5.56 Å². The molecule has 0 bridgehead atoms. The van der Waals surface area contributed by atoms with Crippen LogP contribution >= 0.6 is 0 Å². The zero-order valence-electron chi connectivity index (χ0n) is 9.80. The summed E-state index contributed by atoms with van der Waals surface area (Å²) in [5.74, 6) is -1.61. The summed E-state index contributed by atoms with van der Waals surface area (Å²) in [4.78, 5) is 23.2. The van der Waals surface area contributed by atoms with Crippen LogP contribution in [0.25, 0.3) is 0 Å². The Morgan fingerprint density at radius 3 is 2.72 bits per heavy atom. The number of rotatable bonds is 3. The second-order valence-corrected chi connectivity index (χ2v) is 6.02. The molecule has 0 aromatic heterocycles. The number of esters is 1. The Hall–Kier alpha value is -1.69. The molecule has 0 fully saturated rings. The number of sulfone groups is 1. The number of fused-ring (bicyclic) bond motifs is 1. The van der Waals surface area contributed by atoms with Crippen LogP contribution in [0.4, 0.5) is 0 Å². The highest BCUT2D eigenvalue weighted by atomic mass is 32.2. The lowest BCUT2D eigenvalue weighted by atomic mass is 10.1. The van der Waals surface area contributed by atoms with Crippen LogP contribution in [0.3, 0.4) is 0 Å². The Bertz CT molecular complexity index is 615. The third-order valence-corrected chi connectivity index (χ3v) is 4.57. The van der Waals surface area contributed by atoms with Gasteiger partial charge in [-0.2, -0.15) is 0 Å². The monoisotopic (exact) mass is 268 g/mol. The molecular weight excluding hydrogens is 256 g/mol. The summed E-state index contributed by atoms with van der Waals surface area (Å²) < 4.78 is 27.8. The first kappa shape index (κ1) is 12.8. The van der Waals surface area contributed by atoms with Crippen LogP contribution in [0.1, 0.15) is 22.8 Å². The van der Waals surface area contributed by atoms with Gasteiger partial charge in [-0.25, -0.2) is 13.2 Å². The van der Waals surface area contributed by atoms with E-state index in [1.807, 2.05) is 0 Å². The van der Waals surface area contributed by atoms with Gasteiger partial charge in [0.15, 0.2) is 9.84 Å². The van der Waals surface area contributed by atoms with E-state index in [1.54, 1.807) is 6.92 Å². The van der Waals surface area contributed by atoms with Gasteiger partial charge in [-0.15, -0.1) is 0 Å². The van der Waals surface area contributed by atoms with Crippen molar-refractivity contribution in [3.63, 3.8) is 0 Å². The molecule has 1 heterocycles. The van der Waals surface area contributed by atoms with E-state index in [-0.39, 0.29) is 22.8 Å². The molecule has 0 radical (unpaired) electrons. The molecule has 5 nitrogen and oxygen atoms in total. The van der Waals surface area contributed by atoms with Gasteiger partial charge in [-0.3, -0.25) is 4.79 Å². The van der Waals surface area contributed by atoms with Crippen molar-refractivity contribution in [3.8, 4) is 0 Å². The molecule has 0 atom stereocenters. The highest BCUT2D eigenvalue weighted by Gasteiger charge is 2.28. The molecule has 0 saturated carbocycles. The highest BCUT2D eigenvalue weighted by molar-refractivity contribution is 7.91. The topological polar surface area (TPSA) is 77.5 Å². The van der Waals surface area contributed by atoms with Crippen LogP contribution in [-0.4, -0.2) is 32.5 Å². The Labute approximate surface area is 105 Å². The van der Waals surface area contributed by atoms with E-state index in [2.05, 4.69) is 4.74 Å². The van der Waals surface area contributed by atoms with E-state index in [0.29, 0.717) is 12.0 Å². The van der Waals surface area contributed by atoms with E-state index in [9.17, 15) is 18.0 Å². The maximum absolute atomic E-state index is 11.7. The first-order chi connectivity index (χ1) is 8.45. The number of Topliss-reactive ketones (excluding diaryl/α,β-unsaturated/α-hetero) is 1. The van der Waals surface area contributed by atoms with Crippen molar-refractivity contribution in [3.05, 3.63) is 29.3 Å². The van der Waals surface area contributed by atoms with Crippen LogP contribution in [0.15, 0.2) is 23.1 Å². The number of hydrogen-bond donors (Lipinski definition) is 0. The van der Waals surface area contributed by atoms with E-state index in [0.717, 1.165) is 0 Å². The molecule has 1 aliphatic heterocycles. The van der Waals surface area contributed by atoms with Crippen LogP contribution in [0, 0.1) is 0 Å². The van der Waals surface area contributed by atoms with Crippen LogP contribution in [0.5, 0.6) is 0 Å². The van der Waals surface area contributed by atoms with Crippen molar-refractivity contribution in [1.29, 1.82) is 0 Å².